The lowest BCUT2D eigenvalue weighted by Gasteiger charge is -2.19. The van der Waals surface area contributed by atoms with Crippen molar-refractivity contribution < 1.29 is 4.79 Å². The maximum atomic E-state index is 11.3. The van der Waals surface area contributed by atoms with E-state index in [2.05, 4.69) is 17.6 Å². The van der Waals surface area contributed by atoms with Gasteiger partial charge in [0.2, 0.25) is 5.91 Å². The fourth-order valence-electron chi connectivity index (χ4n) is 2.44. The first-order valence-electron chi connectivity index (χ1n) is 6.66. The first kappa shape index (κ1) is 13.5. The maximum Gasteiger partial charge on any atom is 0.222 e. The van der Waals surface area contributed by atoms with Gasteiger partial charge in [0.05, 0.1) is 0 Å². The number of hydrogen-bond donors (Lipinski definition) is 2. The zero-order valence-electron chi connectivity index (χ0n) is 10.9. The lowest BCUT2D eigenvalue weighted by Crippen LogP contribution is -2.39. The van der Waals surface area contributed by atoms with Crippen molar-refractivity contribution in [2.24, 2.45) is 11.8 Å². The highest BCUT2D eigenvalue weighted by Crippen LogP contribution is 2.27. The molecule has 1 saturated carbocycles. The van der Waals surface area contributed by atoms with E-state index in [4.69, 9.17) is 0 Å². The standard InChI is InChI=1S/C13H26N2O/c1-4-11-6-5-7-12(11)14-8-9-15-13(16)10(2)3/h10-12,14H,4-9H2,1-3H3,(H,15,16). The molecule has 16 heavy (non-hydrogen) atoms. The van der Waals surface area contributed by atoms with Gasteiger partial charge < -0.3 is 10.6 Å². The van der Waals surface area contributed by atoms with E-state index in [-0.39, 0.29) is 11.8 Å². The zero-order chi connectivity index (χ0) is 12.0. The minimum Gasteiger partial charge on any atom is -0.355 e. The Morgan fingerprint density at radius 3 is 2.69 bits per heavy atom. The zero-order valence-corrected chi connectivity index (χ0v) is 10.9. The second kappa shape index (κ2) is 6.89. The van der Waals surface area contributed by atoms with E-state index < -0.39 is 0 Å². The summed E-state index contributed by atoms with van der Waals surface area (Å²) in [5.41, 5.74) is 0. The summed E-state index contributed by atoms with van der Waals surface area (Å²) < 4.78 is 0. The molecule has 0 bridgehead atoms. The molecule has 1 aliphatic carbocycles. The predicted molar refractivity (Wildman–Crippen MR) is 67.3 cm³/mol. The molecule has 1 rings (SSSR count). The lowest BCUT2D eigenvalue weighted by atomic mass is 10.0. The molecule has 3 heteroatoms. The van der Waals surface area contributed by atoms with Gasteiger partial charge in [0, 0.05) is 25.0 Å². The average molecular weight is 226 g/mol. The Balaban J connectivity index is 2.09. The smallest absolute Gasteiger partial charge is 0.222 e. The summed E-state index contributed by atoms with van der Waals surface area (Å²) in [4.78, 5) is 11.3. The van der Waals surface area contributed by atoms with Gasteiger partial charge in [0.15, 0.2) is 0 Å². The van der Waals surface area contributed by atoms with Crippen LogP contribution in [0.3, 0.4) is 0 Å². The van der Waals surface area contributed by atoms with Crippen LogP contribution in [0.1, 0.15) is 46.5 Å². The molecule has 1 fully saturated rings. The van der Waals surface area contributed by atoms with Crippen molar-refractivity contribution in [1.29, 1.82) is 0 Å². The summed E-state index contributed by atoms with van der Waals surface area (Å²) in [7, 11) is 0. The molecule has 0 aromatic carbocycles. The molecule has 94 valence electrons. The monoisotopic (exact) mass is 226 g/mol. The van der Waals surface area contributed by atoms with Gasteiger partial charge >= 0.3 is 0 Å². The molecule has 1 amide bonds. The van der Waals surface area contributed by atoms with Gasteiger partial charge in [-0.3, -0.25) is 4.79 Å². The van der Waals surface area contributed by atoms with Crippen molar-refractivity contribution in [2.75, 3.05) is 13.1 Å². The number of carbonyl (C=O) groups excluding carboxylic acids is 1. The van der Waals surface area contributed by atoms with E-state index in [1.165, 1.54) is 25.7 Å². The van der Waals surface area contributed by atoms with E-state index in [0.29, 0.717) is 6.04 Å². The number of nitrogens with one attached hydrogen (secondary N) is 2. The van der Waals surface area contributed by atoms with Gasteiger partial charge in [0.25, 0.3) is 0 Å². The minimum absolute atomic E-state index is 0.0925. The first-order chi connectivity index (χ1) is 7.65. The molecule has 0 aromatic rings. The van der Waals surface area contributed by atoms with Crippen LogP contribution in [0.15, 0.2) is 0 Å². The van der Waals surface area contributed by atoms with E-state index >= 15 is 0 Å². The van der Waals surface area contributed by atoms with Crippen LogP contribution < -0.4 is 10.6 Å². The minimum atomic E-state index is 0.0925. The van der Waals surface area contributed by atoms with Gasteiger partial charge in [-0.15, -0.1) is 0 Å². The highest BCUT2D eigenvalue weighted by molar-refractivity contribution is 5.77. The number of amides is 1. The summed E-state index contributed by atoms with van der Waals surface area (Å²) >= 11 is 0. The Labute approximate surface area is 99.4 Å². The summed E-state index contributed by atoms with van der Waals surface area (Å²) in [5.74, 6) is 1.09. The highest BCUT2D eigenvalue weighted by Gasteiger charge is 2.24. The molecular weight excluding hydrogens is 200 g/mol. The van der Waals surface area contributed by atoms with Gasteiger partial charge in [-0.1, -0.05) is 33.6 Å². The van der Waals surface area contributed by atoms with E-state index in [0.717, 1.165) is 19.0 Å². The van der Waals surface area contributed by atoms with E-state index in [1.807, 2.05) is 13.8 Å². The molecule has 0 spiro atoms. The van der Waals surface area contributed by atoms with Gasteiger partial charge in [-0.05, 0) is 18.8 Å². The summed E-state index contributed by atoms with van der Waals surface area (Å²) in [6.45, 7) is 7.77. The van der Waals surface area contributed by atoms with Crippen molar-refractivity contribution in [1.82, 2.24) is 10.6 Å². The van der Waals surface area contributed by atoms with Crippen LogP contribution >= 0.6 is 0 Å². The Morgan fingerprint density at radius 1 is 1.31 bits per heavy atom. The SMILES string of the molecule is CCC1CCCC1NCCNC(=O)C(C)C. The normalized spacial score (nSPS) is 25.0. The first-order valence-corrected chi connectivity index (χ1v) is 6.66. The average Bonchev–Trinajstić information content (AvgIpc) is 2.71. The van der Waals surface area contributed by atoms with Crippen molar-refractivity contribution in [2.45, 2.75) is 52.5 Å². The van der Waals surface area contributed by atoms with Gasteiger partial charge in [-0.25, -0.2) is 0 Å². The van der Waals surface area contributed by atoms with Crippen LogP contribution in [0.25, 0.3) is 0 Å². The van der Waals surface area contributed by atoms with Crippen LogP contribution in [-0.2, 0) is 4.79 Å². The number of carbonyl (C=O) groups is 1. The van der Waals surface area contributed by atoms with Crippen molar-refractivity contribution >= 4 is 5.91 Å². The van der Waals surface area contributed by atoms with E-state index in [1.54, 1.807) is 0 Å². The topological polar surface area (TPSA) is 41.1 Å². The Morgan fingerprint density at radius 2 is 2.06 bits per heavy atom. The summed E-state index contributed by atoms with van der Waals surface area (Å²) in [5, 5.41) is 6.50. The summed E-state index contributed by atoms with van der Waals surface area (Å²) in [6, 6.07) is 0.681. The van der Waals surface area contributed by atoms with Crippen LogP contribution in [0.2, 0.25) is 0 Å². The second-order valence-electron chi connectivity index (χ2n) is 5.11. The molecule has 2 atom stereocenters. The molecule has 0 saturated heterocycles. The second-order valence-corrected chi connectivity index (χ2v) is 5.11. The molecule has 1 aliphatic rings. The molecule has 3 nitrogen and oxygen atoms in total. The molecule has 0 aliphatic heterocycles. The Hall–Kier alpha value is -0.570. The fraction of sp³-hybridized carbons (Fsp3) is 0.923. The number of rotatable bonds is 6. The van der Waals surface area contributed by atoms with Gasteiger partial charge in [0.1, 0.15) is 0 Å². The maximum absolute atomic E-state index is 11.3. The number of hydrogen-bond acceptors (Lipinski definition) is 2. The largest absolute Gasteiger partial charge is 0.355 e. The van der Waals surface area contributed by atoms with Crippen molar-refractivity contribution in [3.63, 3.8) is 0 Å². The van der Waals surface area contributed by atoms with Crippen LogP contribution in [0, 0.1) is 11.8 Å². The predicted octanol–water partition coefficient (Wildman–Crippen LogP) is 1.93. The molecule has 0 heterocycles. The molecule has 0 radical (unpaired) electrons. The van der Waals surface area contributed by atoms with E-state index in [9.17, 15) is 4.79 Å². The third-order valence-electron chi connectivity index (χ3n) is 3.54. The van der Waals surface area contributed by atoms with Crippen LogP contribution in [-0.4, -0.2) is 25.0 Å². The lowest BCUT2D eigenvalue weighted by molar-refractivity contribution is -0.123. The Kier molecular flexibility index (Phi) is 5.81. The summed E-state index contributed by atoms with van der Waals surface area (Å²) in [6.07, 6.45) is 5.30. The molecule has 2 N–H and O–H groups in total. The van der Waals surface area contributed by atoms with Gasteiger partial charge in [-0.2, -0.15) is 0 Å². The third kappa shape index (κ3) is 4.12. The third-order valence-corrected chi connectivity index (χ3v) is 3.54. The quantitative estimate of drug-likeness (QED) is 0.679. The molecular formula is C13H26N2O. The highest BCUT2D eigenvalue weighted by atomic mass is 16.1. The fourth-order valence-corrected chi connectivity index (χ4v) is 2.44. The van der Waals surface area contributed by atoms with Crippen molar-refractivity contribution in [3.05, 3.63) is 0 Å². The van der Waals surface area contributed by atoms with Crippen molar-refractivity contribution in [3.8, 4) is 0 Å². The Bertz CT molecular complexity index is 216. The molecule has 0 aromatic heterocycles. The van der Waals surface area contributed by atoms with Crippen LogP contribution in [0.5, 0.6) is 0 Å². The molecule has 2 unspecified atom stereocenters. The van der Waals surface area contributed by atoms with Crippen LogP contribution in [0.4, 0.5) is 0 Å².